The van der Waals surface area contributed by atoms with Gasteiger partial charge in [0, 0.05) is 70.3 Å². The first-order valence-electron chi connectivity index (χ1n) is 10.1. The van der Waals surface area contributed by atoms with Crippen molar-refractivity contribution in [3.63, 3.8) is 0 Å². The maximum absolute atomic E-state index is 12.3. The molecule has 3 unspecified atom stereocenters. The first-order valence-corrected chi connectivity index (χ1v) is 10.1. The zero-order chi connectivity index (χ0) is 18.5. The quantitative estimate of drug-likeness (QED) is 0.554. The van der Waals surface area contributed by atoms with Crippen LogP contribution in [0.15, 0.2) is 18.5 Å². The van der Waals surface area contributed by atoms with E-state index in [1.807, 2.05) is 6.07 Å². The van der Waals surface area contributed by atoms with Crippen LogP contribution in [0.4, 0.5) is 10.7 Å². The molecule has 1 aromatic heterocycles. The van der Waals surface area contributed by atoms with Gasteiger partial charge in [0.05, 0.1) is 0 Å². The number of amides is 2. The number of carbonyl (C=O) groups excluding carboxylic acids is 1. The normalized spacial score (nSPS) is 28.6. The topological polar surface area (TPSA) is 97.5 Å². The Kier molecular flexibility index (Phi) is 6.00. The predicted octanol–water partition coefficient (Wildman–Crippen LogP) is -0.457. The van der Waals surface area contributed by atoms with Crippen molar-refractivity contribution in [3.05, 3.63) is 18.5 Å². The van der Waals surface area contributed by atoms with Crippen molar-refractivity contribution in [1.82, 2.24) is 36.4 Å². The Morgan fingerprint density at radius 2 is 2.00 bits per heavy atom. The van der Waals surface area contributed by atoms with E-state index < -0.39 is 0 Å². The Labute approximate surface area is 160 Å². The Bertz CT molecular complexity index is 607. The second-order valence-corrected chi connectivity index (χ2v) is 7.63. The summed E-state index contributed by atoms with van der Waals surface area (Å²) in [5, 5.41) is 6.18. The summed E-state index contributed by atoms with van der Waals surface area (Å²) in [5.41, 5.74) is 6.55. The number of piperazine rings is 1. The predicted molar refractivity (Wildman–Crippen MR) is 103 cm³/mol. The molecule has 3 fully saturated rings. The van der Waals surface area contributed by atoms with Crippen LogP contribution in [0.2, 0.25) is 0 Å². The molecule has 1 aliphatic carbocycles. The molecule has 1 aromatic rings. The number of nitrogens with one attached hydrogen (secondary N) is 4. The number of hydrazine groups is 1. The summed E-state index contributed by atoms with van der Waals surface area (Å²) in [6, 6.07) is 2.36. The van der Waals surface area contributed by atoms with E-state index in [-0.39, 0.29) is 12.1 Å². The van der Waals surface area contributed by atoms with Crippen molar-refractivity contribution in [1.29, 1.82) is 0 Å². The van der Waals surface area contributed by atoms with E-state index >= 15 is 0 Å². The number of hydrogen-bond donors (Lipinski definition) is 4. The van der Waals surface area contributed by atoms with E-state index in [1.165, 1.54) is 12.8 Å². The van der Waals surface area contributed by atoms with Crippen LogP contribution in [-0.4, -0.2) is 78.8 Å². The number of urea groups is 1. The highest BCUT2D eigenvalue weighted by Crippen LogP contribution is 2.26. The summed E-state index contributed by atoms with van der Waals surface area (Å²) in [4.78, 5) is 25.5. The second kappa shape index (κ2) is 8.81. The molecule has 2 aliphatic heterocycles. The average Bonchev–Trinajstić information content (AvgIpc) is 3.19. The lowest BCUT2D eigenvalue weighted by atomic mass is 9.82. The van der Waals surface area contributed by atoms with Gasteiger partial charge in [-0.2, -0.15) is 0 Å². The third kappa shape index (κ3) is 4.66. The van der Waals surface area contributed by atoms with Gasteiger partial charge in [-0.25, -0.2) is 14.8 Å². The number of rotatable bonds is 5. The van der Waals surface area contributed by atoms with Crippen molar-refractivity contribution in [2.45, 2.75) is 31.3 Å². The molecule has 0 bridgehead atoms. The highest BCUT2D eigenvalue weighted by molar-refractivity contribution is 5.74. The zero-order valence-corrected chi connectivity index (χ0v) is 15.7. The van der Waals surface area contributed by atoms with Crippen molar-refractivity contribution in [3.8, 4) is 0 Å². The van der Waals surface area contributed by atoms with E-state index in [2.05, 4.69) is 41.3 Å². The van der Waals surface area contributed by atoms with Crippen LogP contribution in [0.1, 0.15) is 19.3 Å². The van der Waals surface area contributed by atoms with Crippen LogP contribution >= 0.6 is 0 Å². The van der Waals surface area contributed by atoms with Crippen LogP contribution in [0.5, 0.6) is 0 Å². The Morgan fingerprint density at radius 1 is 1.19 bits per heavy atom. The van der Waals surface area contributed by atoms with Gasteiger partial charge < -0.3 is 15.5 Å². The van der Waals surface area contributed by atoms with Crippen LogP contribution in [0.25, 0.3) is 0 Å². The monoisotopic (exact) mass is 374 g/mol. The number of carbonyl (C=O) groups is 1. The van der Waals surface area contributed by atoms with Gasteiger partial charge in [-0.05, 0) is 24.8 Å². The highest BCUT2D eigenvalue weighted by Gasteiger charge is 2.37. The molecular weight excluding hydrogens is 344 g/mol. The van der Waals surface area contributed by atoms with E-state index in [9.17, 15) is 4.79 Å². The third-order valence-corrected chi connectivity index (χ3v) is 5.90. The number of hydrogen-bond acceptors (Lipinski definition) is 7. The molecular formula is C18H30N8O. The maximum atomic E-state index is 12.3. The molecule has 4 N–H and O–H groups in total. The Morgan fingerprint density at radius 3 is 2.81 bits per heavy atom. The molecule has 0 spiro atoms. The Balaban J connectivity index is 1.14. The second-order valence-electron chi connectivity index (χ2n) is 7.63. The lowest BCUT2D eigenvalue weighted by Gasteiger charge is -2.35. The number of fused-ring (bicyclic) bond motifs is 1. The van der Waals surface area contributed by atoms with Crippen LogP contribution in [0.3, 0.4) is 0 Å². The highest BCUT2D eigenvalue weighted by atomic mass is 16.2. The van der Waals surface area contributed by atoms with E-state index in [0.717, 1.165) is 51.6 Å². The number of nitrogens with zero attached hydrogens (tertiary/aromatic N) is 4. The van der Waals surface area contributed by atoms with Crippen molar-refractivity contribution in [2.24, 2.45) is 5.92 Å². The van der Waals surface area contributed by atoms with Crippen molar-refractivity contribution in [2.75, 3.05) is 50.7 Å². The largest absolute Gasteiger partial charge is 0.338 e. The molecule has 2 saturated heterocycles. The van der Waals surface area contributed by atoms with Gasteiger partial charge in [-0.1, -0.05) is 6.42 Å². The molecule has 0 radical (unpaired) electrons. The summed E-state index contributed by atoms with van der Waals surface area (Å²) in [6.45, 7) is 6.30. The van der Waals surface area contributed by atoms with Gasteiger partial charge in [-0.3, -0.25) is 15.8 Å². The molecule has 9 nitrogen and oxygen atoms in total. The molecule has 1 saturated carbocycles. The molecule has 148 valence electrons. The zero-order valence-electron chi connectivity index (χ0n) is 15.7. The molecule has 9 heteroatoms. The summed E-state index contributed by atoms with van der Waals surface area (Å²) < 4.78 is 0. The van der Waals surface area contributed by atoms with Gasteiger partial charge in [0.1, 0.15) is 0 Å². The summed E-state index contributed by atoms with van der Waals surface area (Å²) in [6.07, 6.45) is 7.04. The average molecular weight is 374 g/mol. The minimum Gasteiger partial charge on any atom is -0.338 e. The van der Waals surface area contributed by atoms with Gasteiger partial charge in [0.15, 0.2) is 0 Å². The molecule has 3 heterocycles. The maximum Gasteiger partial charge on any atom is 0.315 e. The van der Waals surface area contributed by atoms with Crippen molar-refractivity contribution >= 4 is 12.0 Å². The SMILES string of the molecule is O=C(NCCN1CCN(c2ncccn2)CC1)NC1CCCC2CNNC21. The Hall–Kier alpha value is -1.97. The first-order chi connectivity index (χ1) is 13.3. The summed E-state index contributed by atoms with van der Waals surface area (Å²) in [5.74, 6) is 1.43. The van der Waals surface area contributed by atoms with E-state index in [0.29, 0.717) is 18.5 Å². The molecule has 3 aliphatic rings. The van der Waals surface area contributed by atoms with E-state index in [4.69, 9.17) is 0 Å². The standard InChI is InChI=1S/C18H30N8O/c27-18(23-15-4-1-3-14-13-22-24-16(14)15)21-7-8-25-9-11-26(12-10-25)17-19-5-2-6-20-17/h2,5-6,14-16,22,24H,1,3-4,7-13H2,(H2,21,23,27). The summed E-state index contributed by atoms with van der Waals surface area (Å²) in [7, 11) is 0. The third-order valence-electron chi connectivity index (χ3n) is 5.90. The molecule has 2 amide bonds. The number of aromatic nitrogens is 2. The minimum atomic E-state index is -0.0503. The fraction of sp³-hybridized carbons (Fsp3) is 0.722. The van der Waals surface area contributed by atoms with Crippen LogP contribution in [0, 0.1) is 5.92 Å². The van der Waals surface area contributed by atoms with Gasteiger partial charge in [0.25, 0.3) is 0 Å². The summed E-state index contributed by atoms with van der Waals surface area (Å²) >= 11 is 0. The van der Waals surface area contributed by atoms with Crippen LogP contribution < -0.4 is 26.4 Å². The smallest absolute Gasteiger partial charge is 0.315 e. The van der Waals surface area contributed by atoms with Crippen LogP contribution in [-0.2, 0) is 0 Å². The van der Waals surface area contributed by atoms with Gasteiger partial charge in [0.2, 0.25) is 5.95 Å². The molecule has 0 aromatic carbocycles. The first kappa shape index (κ1) is 18.4. The van der Waals surface area contributed by atoms with E-state index in [1.54, 1.807) is 12.4 Å². The van der Waals surface area contributed by atoms with Gasteiger partial charge >= 0.3 is 6.03 Å². The lowest BCUT2D eigenvalue weighted by Crippen LogP contribution is -2.55. The molecule has 27 heavy (non-hydrogen) atoms. The fourth-order valence-corrected chi connectivity index (χ4v) is 4.38. The van der Waals surface area contributed by atoms with Crippen molar-refractivity contribution < 1.29 is 4.79 Å². The fourth-order valence-electron chi connectivity index (χ4n) is 4.38. The minimum absolute atomic E-state index is 0.0503. The molecule has 4 rings (SSSR count). The van der Waals surface area contributed by atoms with Gasteiger partial charge in [-0.15, -0.1) is 0 Å². The molecule has 3 atom stereocenters. The lowest BCUT2D eigenvalue weighted by molar-refractivity contribution is 0.213. The number of anilines is 1.